The molecular weight excluding hydrogens is 359 g/mol. The highest BCUT2D eigenvalue weighted by molar-refractivity contribution is 5.79. The van der Waals surface area contributed by atoms with Crippen molar-refractivity contribution < 1.29 is 23.1 Å². The second-order valence-corrected chi connectivity index (χ2v) is 7.92. The number of carbonyl (C=O) groups is 1. The first-order valence-corrected chi connectivity index (χ1v) is 9.56. The van der Waals surface area contributed by atoms with Crippen LogP contribution in [-0.2, 0) is 23.8 Å². The highest BCUT2D eigenvalue weighted by Crippen LogP contribution is 2.37. The Hall–Kier alpha value is -1.70. The Balaban J connectivity index is 1.71. The number of nitrogens with zero attached hydrogens (tertiary/aromatic N) is 2. The SMILES string of the molecule is Cc1nc2c(c(C(F)(F)F)n1)CC(C(=O)NCC1(CO)CCCCC1)CC2. The molecule has 2 N–H and O–H groups in total. The van der Waals surface area contributed by atoms with Gasteiger partial charge in [0.2, 0.25) is 5.91 Å². The first-order valence-electron chi connectivity index (χ1n) is 9.56. The van der Waals surface area contributed by atoms with Crippen molar-refractivity contribution in [2.24, 2.45) is 11.3 Å². The highest BCUT2D eigenvalue weighted by Gasteiger charge is 2.40. The van der Waals surface area contributed by atoms with E-state index in [0.717, 1.165) is 32.1 Å². The van der Waals surface area contributed by atoms with Gasteiger partial charge in [-0.15, -0.1) is 0 Å². The maximum atomic E-state index is 13.4. The van der Waals surface area contributed by atoms with Gasteiger partial charge in [-0.2, -0.15) is 13.2 Å². The largest absolute Gasteiger partial charge is 0.433 e. The number of hydrogen-bond donors (Lipinski definition) is 2. The molecule has 27 heavy (non-hydrogen) atoms. The van der Waals surface area contributed by atoms with Gasteiger partial charge in [-0.3, -0.25) is 4.79 Å². The van der Waals surface area contributed by atoms with E-state index < -0.39 is 17.8 Å². The zero-order valence-electron chi connectivity index (χ0n) is 15.5. The van der Waals surface area contributed by atoms with E-state index in [1.54, 1.807) is 0 Å². The first kappa shape index (κ1) is 20.0. The number of carbonyl (C=O) groups excluding carboxylic acids is 1. The van der Waals surface area contributed by atoms with Crippen LogP contribution in [0.1, 0.15) is 61.3 Å². The number of hydrogen-bond acceptors (Lipinski definition) is 4. The standard InChI is InChI=1S/C19H26F3N3O2/c1-12-24-15-6-5-13(9-14(15)16(25-12)19(20,21)22)17(27)23-10-18(11-26)7-3-2-4-8-18/h13,26H,2-11H2,1H3,(H,23,27). The van der Waals surface area contributed by atoms with Crippen LogP contribution in [0.25, 0.3) is 0 Å². The number of alkyl halides is 3. The van der Waals surface area contributed by atoms with Gasteiger partial charge < -0.3 is 10.4 Å². The van der Waals surface area contributed by atoms with Crippen LogP contribution in [0.5, 0.6) is 0 Å². The molecule has 1 saturated carbocycles. The number of fused-ring (bicyclic) bond motifs is 1. The third kappa shape index (κ3) is 4.42. The summed E-state index contributed by atoms with van der Waals surface area (Å²) in [6.45, 7) is 1.85. The van der Waals surface area contributed by atoms with Gasteiger partial charge >= 0.3 is 6.18 Å². The summed E-state index contributed by atoms with van der Waals surface area (Å²) >= 11 is 0. The molecule has 1 fully saturated rings. The summed E-state index contributed by atoms with van der Waals surface area (Å²) in [4.78, 5) is 20.4. The first-order chi connectivity index (χ1) is 12.7. The average molecular weight is 385 g/mol. The lowest BCUT2D eigenvalue weighted by molar-refractivity contribution is -0.142. The summed E-state index contributed by atoms with van der Waals surface area (Å²) in [6.07, 6.45) is 1.17. The predicted molar refractivity (Wildman–Crippen MR) is 92.9 cm³/mol. The van der Waals surface area contributed by atoms with Crippen molar-refractivity contribution in [3.05, 3.63) is 22.8 Å². The third-order valence-electron chi connectivity index (χ3n) is 5.91. The zero-order valence-corrected chi connectivity index (χ0v) is 15.5. The van der Waals surface area contributed by atoms with Crippen molar-refractivity contribution in [3.8, 4) is 0 Å². The van der Waals surface area contributed by atoms with Crippen LogP contribution in [0.15, 0.2) is 0 Å². The molecule has 1 aromatic heterocycles. The molecule has 8 heteroatoms. The van der Waals surface area contributed by atoms with Gasteiger partial charge in [0.15, 0.2) is 5.69 Å². The number of aryl methyl sites for hydroxylation is 2. The van der Waals surface area contributed by atoms with Crippen molar-refractivity contribution in [2.45, 2.75) is 64.5 Å². The molecule has 1 heterocycles. The topological polar surface area (TPSA) is 75.1 Å². The maximum absolute atomic E-state index is 13.4. The molecular formula is C19H26F3N3O2. The monoisotopic (exact) mass is 385 g/mol. The van der Waals surface area contributed by atoms with Gasteiger partial charge in [-0.1, -0.05) is 19.3 Å². The predicted octanol–water partition coefficient (Wildman–Crippen LogP) is 2.97. The van der Waals surface area contributed by atoms with E-state index in [1.807, 2.05) is 0 Å². The maximum Gasteiger partial charge on any atom is 0.433 e. The van der Waals surface area contributed by atoms with Gasteiger partial charge in [-0.05, 0) is 39.0 Å². The van der Waals surface area contributed by atoms with Crippen LogP contribution in [0.4, 0.5) is 13.2 Å². The zero-order chi connectivity index (χ0) is 19.7. The molecule has 1 atom stereocenters. The molecule has 1 amide bonds. The molecule has 0 bridgehead atoms. The van der Waals surface area contributed by atoms with Crippen LogP contribution in [-0.4, -0.2) is 34.1 Å². The van der Waals surface area contributed by atoms with Crippen LogP contribution < -0.4 is 5.32 Å². The lowest BCUT2D eigenvalue weighted by Crippen LogP contribution is -2.44. The Morgan fingerprint density at radius 2 is 1.96 bits per heavy atom. The van der Waals surface area contributed by atoms with Gasteiger partial charge in [0, 0.05) is 29.1 Å². The normalized spacial score (nSPS) is 22.2. The molecule has 0 radical (unpaired) electrons. The van der Waals surface area contributed by atoms with Crippen molar-refractivity contribution >= 4 is 5.91 Å². The Kier molecular flexibility index (Phi) is 5.74. The Bertz CT molecular complexity index is 700. The van der Waals surface area contributed by atoms with Crippen molar-refractivity contribution in [1.29, 1.82) is 0 Å². The Morgan fingerprint density at radius 1 is 1.26 bits per heavy atom. The molecule has 1 unspecified atom stereocenters. The molecule has 0 saturated heterocycles. The molecule has 1 aromatic rings. The average Bonchev–Trinajstić information content (AvgIpc) is 2.65. The minimum absolute atomic E-state index is 0.00240. The summed E-state index contributed by atoms with van der Waals surface area (Å²) < 4.78 is 40.1. The van der Waals surface area contributed by atoms with Gasteiger partial charge in [0.1, 0.15) is 5.82 Å². The summed E-state index contributed by atoms with van der Waals surface area (Å²) in [5, 5.41) is 12.6. The number of halogens is 3. The fourth-order valence-corrected chi connectivity index (χ4v) is 4.30. The molecule has 2 aliphatic rings. The number of rotatable bonds is 4. The quantitative estimate of drug-likeness (QED) is 0.836. The van der Waals surface area contributed by atoms with E-state index >= 15 is 0 Å². The van der Waals surface area contributed by atoms with E-state index in [2.05, 4.69) is 15.3 Å². The molecule has 2 aliphatic carbocycles. The Labute approximate surface area is 156 Å². The van der Waals surface area contributed by atoms with Crippen LogP contribution >= 0.6 is 0 Å². The number of nitrogens with one attached hydrogen (secondary N) is 1. The van der Waals surface area contributed by atoms with Crippen LogP contribution in [0, 0.1) is 18.3 Å². The fourth-order valence-electron chi connectivity index (χ4n) is 4.30. The second-order valence-electron chi connectivity index (χ2n) is 7.92. The van der Waals surface area contributed by atoms with E-state index in [1.165, 1.54) is 6.92 Å². The van der Waals surface area contributed by atoms with E-state index in [0.29, 0.717) is 25.1 Å². The van der Waals surface area contributed by atoms with Gasteiger partial charge in [-0.25, -0.2) is 9.97 Å². The lowest BCUT2D eigenvalue weighted by atomic mass is 9.74. The highest BCUT2D eigenvalue weighted by atomic mass is 19.4. The second kappa shape index (κ2) is 7.73. The summed E-state index contributed by atoms with van der Waals surface area (Å²) in [5.41, 5.74) is -0.758. The lowest BCUT2D eigenvalue weighted by Gasteiger charge is -2.36. The van der Waals surface area contributed by atoms with Crippen molar-refractivity contribution in [2.75, 3.05) is 13.2 Å². The summed E-state index contributed by atoms with van der Waals surface area (Å²) in [5.74, 6) is -0.664. The van der Waals surface area contributed by atoms with Crippen LogP contribution in [0.2, 0.25) is 0 Å². The minimum atomic E-state index is -4.56. The van der Waals surface area contributed by atoms with E-state index in [9.17, 15) is 23.1 Å². The van der Waals surface area contributed by atoms with Gasteiger partial charge in [0.25, 0.3) is 0 Å². The Morgan fingerprint density at radius 3 is 2.59 bits per heavy atom. The number of aromatic nitrogens is 2. The molecule has 0 aliphatic heterocycles. The summed E-state index contributed by atoms with van der Waals surface area (Å²) in [7, 11) is 0. The van der Waals surface area contributed by atoms with E-state index in [-0.39, 0.29) is 35.7 Å². The number of aliphatic hydroxyl groups is 1. The minimum Gasteiger partial charge on any atom is -0.396 e. The fraction of sp³-hybridized carbons (Fsp3) is 0.737. The third-order valence-corrected chi connectivity index (χ3v) is 5.91. The molecule has 0 aromatic carbocycles. The number of amides is 1. The number of aliphatic hydroxyl groups excluding tert-OH is 1. The van der Waals surface area contributed by atoms with Crippen molar-refractivity contribution in [1.82, 2.24) is 15.3 Å². The molecule has 3 rings (SSSR count). The van der Waals surface area contributed by atoms with Gasteiger partial charge in [0.05, 0.1) is 6.61 Å². The molecule has 5 nitrogen and oxygen atoms in total. The smallest absolute Gasteiger partial charge is 0.396 e. The molecule has 0 spiro atoms. The summed E-state index contributed by atoms with van der Waals surface area (Å²) in [6, 6.07) is 0. The molecule has 150 valence electrons. The van der Waals surface area contributed by atoms with Crippen LogP contribution in [0.3, 0.4) is 0 Å². The van der Waals surface area contributed by atoms with E-state index in [4.69, 9.17) is 0 Å². The van der Waals surface area contributed by atoms with Crippen molar-refractivity contribution in [3.63, 3.8) is 0 Å².